The van der Waals surface area contributed by atoms with Crippen LogP contribution in [0.4, 0.5) is 0 Å². The van der Waals surface area contributed by atoms with E-state index < -0.39 is 0 Å². The van der Waals surface area contributed by atoms with E-state index in [1.54, 1.807) is 0 Å². The molecule has 1 amide bonds. The smallest absolute Gasteiger partial charge is 0.234 e. The number of nitrogens with one attached hydrogen (secondary N) is 1. The first-order chi connectivity index (χ1) is 6.00. The van der Waals surface area contributed by atoms with Crippen LogP contribution in [0.3, 0.4) is 0 Å². The Hall–Kier alpha value is -0.610. The Morgan fingerprint density at radius 1 is 1.69 bits per heavy atom. The number of amides is 1. The average Bonchev–Trinajstić information content (AvgIpc) is 2.31. The molecule has 76 valence electrons. The Morgan fingerprint density at radius 3 is 2.69 bits per heavy atom. The summed E-state index contributed by atoms with van der Waals surface area (Å²) in [6.45, 7) is 5.00. The lowest BCUT2D eigenvalue weighted by molar-refractivity contribution is -0.119. The van der Waals surface area contributed by atoms with Crippen LogP contribution in [0.5, 0.6) is 0 Å². The van der Waals surface area contributed by atoms with E-state index in [1.165, 1.54) is 0 Å². The zero-order valence-corrected chi connectivity index (χ0v) is 8.58. The van der Waals surface area contributed by atoms with Gasteiger partial charge in [0.25, 0.3) is 0 Å². The molecule has 0 aromatic heterocycles. The Labute approximate surface area is 79.5 Å². The number of nitrogens with zero attached hydrogens (tertiary/aromatic N) is 1. The number of carbonyl (C=O) groups is 1. The minimum absolute atomic E-state index is 0.219. The van der Waals surface area contributed by atoms with E-state index in [9.17, 15) is 4.79 Å². The molecule has 1 rings (SSSR count). The van der Waals surface area contributed by atoms with Gasteiger partial charge in [-0.1, -0.05) is 0 Å². The molecule has 0 spiro atoms. The van der Waals surface area contributed by atoms with Crippen LogP contribution in [0.1, 0.15) is 20.3 Å². The highest BCUT2D eigenvalue weighted by Crippen LogP contribution is 2.14. The number of primary amides is 1. The molecule has 0 saturated carbocycles. The molecule has 4 nitrogen and oxygen atoms in total. The first-order valence-corrected chi connectivity index (χ1v) is 4.76. The lowest BCUT2D eigenvalue weighted by atomic mass is 10.1. The van der Waals surface area contributed by atoms with Crippen molar-refractivity contribution < 1.29 is 4.79 Å². The van der Waals surface area contributed by atoms with Crippen LogP contribution in [0.15, 0.2) is 0 Å². The average molecular weight is 185 g/mol. The molecule has 1 aliphatic rings. The van der Waals surface area contributed by atoms with Gasteiger partial charge in [0.1, 0.15) is 0 Å². The molecule has 1 fully saturated rings. The molecule has 0 aromatic rings. The lowest BCUT2D eigenvalue weighted by Crippen LogP contribution is -2.45. The molecule has 1 saturated heterocycles. The van der Waals surface area contributed by atoms with Gasteiger partial charge in [-0.25, -0.2) is 0 Å². The number of hydrogen-bond acceptors (Lipinski definition) is 3. The van der Waals surface area contributed by atoms with E-state index in [0.29, 0.717) is 12.1 Å². The van der Waals surface area contributed by atoms with Crippen molar-refractivity contribution >= 4 is 5.91 Å². The quantitative estimate of drug-likeness (QED) is 0.625. The largest absolute Gasteiger partial charge is 0.368 e. The molecule has 1 heterocycles. The van der Waals surface area contributed by atoms with E-state index in [0.717, 1.165) is 13.0 Å². The second kappa shape index (κ2) is 4.07. The van der Waals surface area contributed by atoms with E-state index in [-0.39, 0.29) is 11.9 Å². The highest BCUT2D eigenvalue weighted by atomic mass is 16.1. The van der Waals surface area contributed by atoms with Gasteiger partial charge in [0.15, 0.2) is 0 Å². The van der Waals surface area contributed by atoms with Crippen molar-refractivity contribution in [3.63, 3.8) is 0 Å². The topological polar surface area (TPSA) is 58.4 Å². The van der Waals surface area contributed by atoms with Gasteiger partial charge < -0.3 is 16.0 Å². The van der Waals surface area contributed by atoms with Gasteiger partial charge in [0.2, 0.25) is 5.91 Å². The second-order valence-corrected chi connectivity index (χ2v) is 4.01. The monoisotopic (exact) mass is 185 g/mol. The molecule has 0 radical (unpaired) electrons. The van der Waals surface area contributed by atoms with Crippen LogP contribution >= 0.6 is 0 Å². The summed E-state index contributed by atoms with van der Waals surface area (Å²) in [5, 5.41) is 3.22. The fourth-order valence-corrected chi connectivity index (χ4v) is 1.75. The predicted octanol–water partition coefficient (Wildman–Crippen LogP) is -0.458. The van der Waals surface area contributed by atoms with Crippen LogP contribution in [-0.4, -0.2) is 42.5 Å². The number of nitrogens with two attached hydrogens (primary N) is 1. The Kier molecular flexibility index (Phi) is 3.27. The van der Waals surface area contributed by atoms with E-state index in [1.807, 2.05) is 6.92 Å². The molecule has 13 heavy (non-hydrogen) atoms. The van der Waals surface area contributed by atoms with Gasteiger partial charge in [-0.2, -0.15) is 0 Å². The van der Waals surface area contributed by atoms with Crippen molar-refractivity contribution in [2.75, 3.05) is 13.6 Å². The van der Waals surface area contributed by atoms with Crippen LogP contribution in [0.25, 0.3) is 0 Å². The summed E-state index contributed by atoms with van der Waals surface area (Å²) in [7, 11) is 2.10. The van der Waals surface area contributed by atoms with Crippen LogP contribution in [0, 0.1) is 0 Å². The molecule has 0 bridgehead atoms. The zero-order valence-electron chi connectivity index (χ0n) is 8.58. The van der Waals surface area contributed by atoms with Gasteiger partial charge in [-0.05, 0) is 27.3 Å². The molecule has 4 heteroatoms. The third-order valence-electron chi connectivity index (χ3n) is 2.80. The fraction of sp³-hybridized carbons (Fsp3) is 0.889. The minimum atomic E-state index is -0.276. The van der Waals surface area contributed by atoms with E-state index in [2.05, 4.69) is 24.2 Å². The first kappa shape index (κ1) is 10.5. The summed E-state index contributed by atoms with van der Waals surface area (Å²) in [6, 6.07) is 0.781. The third-order valence-corrected chi connectivity index (χ3v) is 2.80. The molecular weight excluding hydrogens is 166 g/mol. The van der Waals surface area contributed by atoms with Crippen molar-refractivity contribution in [3.8, 4) is 0 Å². The van der Waals surface area contributed by atoms with Gasteiger partial charge in [0.05, 0.1) is 6.04 Å². The summed E-state index contributed by atoms with van der Waals surface area (Å²) >= 11 is 0. The van der Waals surface area contributed by atoms with Crippen LogP contribution < -0.4 is 11.1 Å². The van der Waals surface area contributed by atoms with Crippen LogP contribution in [-0.2, 0) is 4.79 Å². The standard InChI is InChI=1S/C9H19N3O/c1-6-4-8(5-12(6)3)11-7(2)9(10)13/h6-8,11H,4-5H2,1-3H3,(H2,10,13)/t6?,7-,8?/m1/s1. The summed E-state index contributed by atoms with van der Waals surface area (Å²) in [5.41, 5.74) is 5.17. The molecule has 3 atom stereocenters. The third kappa shape index (κ3) is 2.67. The van der Waals surface area contributed by atoms with E-state index in [4.69, 9.17) is 5.73 Å². The predicted molar refractivity (Wildman–Crippen MR) is 52.3 cm³/mol. The van der Waals surface area contributed by atoms with Crippen molar-refractivity contribution in [1.82, 2.24) is 10.2 Å². The number of rotatable bonds is 3. The lowest BCUT2D eigenvalue weighted by Gasteiger charge is -2.16. The van der Waals surface area contributed by atoms with Crippen molar-refractivity contribution in [2.24, 2.45) is 5.73 Å². The number of hydrogen-bond donors (Lipinski definition) is 2. The summed E-state index contributed by atoms with van der Waals surface area (Å²) < 4.78 is 0. The Morgan fingerprint density at radius 2 is 2.31 bits per heavy atom. The maximum Gasteiger partial charge on any atom is 0.234 e. The minimum Gasteiger partial charge on any atom is -0.368 e. The summed E-state index contributed by atoms with van der Waals surface area (Å²) in [4.78, 5) is 13.1. The fourth-order valence-electron chi connectivity index (χ4n) is 1.75. The number of likely N-dealkylation sites (tertiary alicyclic amines) is 1. The molecule has 1 aliphatic heterocycles. The SMILES string of the molecule is CC1CC(N[C@H](C)C(N)=O)CN1C. The molecule has 2 unspecified atom stereocenters. The van der Waals surface area contributed by atoms with Gasteiger partial charge >= 0.3 is 0 Å². The highest BCUT2D eigenvalue weighted by molar-refractivity contribution is 5.79. The maximum atomic E-state index is 10.8. The zero-order chi connectivity index (χ0) is 10.0. The van der Waals surface area contributed by atoms with Gasteiger partial charge in [-0.3, -0.25) is 4.79 Å². The summed E-state index contributed by atoms with van der Waals surface area (Å²) in [6.07, 6.45) is 1.09. The van der Waals surface area contributed by atoms with Crippen molar-refractivity contribution in [3.05, 3.63) is 0 Å². The summed E-state index contributed by atoms with van der Waals surface area (Å²) in [5.74, 6) is -0.276. The van der Waals surface area contributed by atoms with E-state index >= 15 is 0 Å². The normalized spacial score (nSPS) is 31.9. The van der Waals surface area contributed by atoms with Crippen molar-refractivity contribution in [2.45, 2.75) is 38.4 Å². The van der Waals surface area contributed by atoms with Crippen molar-refractivity contribution in [1.29, 1.82) is 0 Å². The molecule has 3 N–H and O–H groups in total. The number of likely N-dealkylation sites (N-methyl/N-ethyl adjacent to an activating group) is 1. The van der Waals surface area contributed by atoms with Gasteiger partial charge in [0, 0.05) is 18.6 Å². The Balaban J connectivity index is 2.35. The highest BCUT2D eigenvalue weighted by Gasteiger charge is 2.27. The maximum absolute atomic E-state index is 10.8. The number of carbonyl (C=O) groups excluding carboxylic acids is 1. The molecule has 0 aromatic carbocycles. The van der Waals surface area contributed by atoms with Gasteiger partial charge in [-0.15, -0.1) is 0 Å². The Bertz CT molecular complexity index is 185. The molecule has 0 aliphatic carbocycles. The van der Waals surface area contributed by atoms with Crippen LogP contribution in [0.2, 0.25) is 0 Å². The second-order valence-electron chi connectivity index (χ2n) is 4.01. The first-order valence-electron chi connectivity index (χ1n) is 4.76. The molecular formula is C9H19N3O.